The lowest BCUT2D eigenvalue weighted by molar-refractivity contribution is -0.133. The molecule has 0 aromatic carbocycles. The predicted octanol–water partition coefficient (Wildman–Crippen LogP) is 4.36. The molecule has 0 saturated heterocycles. The van der Waals surface area contributed by atoms with Crippen LogP contribution < -0.4 is 9.80 Å². The normalized spacial score (nSPS) is 19.2. The molecule has 2 amide bonds. The Kier molecular flexibility index (Phi) is 6.90. The minimum Gasteiger partial charge on any atom is -0.481 e. The maximum Gasteiger partial charge on any atom is 0.330 e. The van der Waals surface area contributed by atoms with Crippen LogP contribution in [0.1, 0.15) is 32.6 Å². The highest BCUT2D eigenvalue weighted by Crippen LogP contribution is 2.34. The molecule has 1 fully saturated rings. The van der Waals surface area contributed by atoms with Gasteiger partial charge in [-0.2, -0.15) is 0 Å². The van der Waals surface area contributed by atoms with Crippen molar-refractivity contribution in [3.8, 4) is 0 Å². The van der Waals surface area contributed by atoms with Gasteiger partial charge in [0.05, 0.1) is 16.2 Å². The molecule has 0 bridgehead atoms. The smallest absolute Gasteiger partial charge is 0.330 e. The molecular weight excluding hydrogens is 396 g/mol. The van der Waals surface area contributed by atoms with Gasteiger partial charge in [0.25, 0.3) is 0 Å². The molecule has 2 heterocycles. The van der Waals surface area contributed by atoms with Crippen molar-refractivity contribution in [3.05, 3.63) is 30.7 Å². The Balaban J connectivity index is 1.79. The quantitative estimate of drug-likeness (QED) is 0.699. The van der Waals surface area contributed by atoms with Gasteiger partial charge in [0, 0.05) is 31.2 Å². The van der Waals surface area contributed by atoms with Crippen molar-refractivity contribution < 1.29 is 14.7 Å². The van der Waals surface area contributed by atoms with Crippen LogP contribution in [0.2, 0.25) is 0 Å². The average Bonchev–Trinajstić information content (AvgIpc) is 3.17. The second kappa shape index (κ2) is 9.38. The highest BCUT2D eigenvalue weighted by molar-refractivity contribution is 8.01. The number of rotatable bonds is 6. The maximum atomic E-state index is 13.4. The van der Waals surface area contributed by atoms with Crippen LogP contribution in [0.25, 0.3) is 0 Å². The Morgan fingerprint density at radius 3 is 2.57 bits per heavy atom. The first-order valence-electron chi connectivity index (χ1n) is 9.23. The SMILES string of the molecule is CN(C(=O)N(c1ccncc1)[C@H]1CC[C@H](C)CC1)c1ncc(SCC(=O)O)s1. The predicted molar refractivity (Wildman–Crippen MR) is 112 cm³/mol. The number of thioether (sulfide) groups is 1. The van der Waals surface area contributed by atoms with Crippen LogP contribution in [0.5, 0.6) is 0 Å². The molecule has 2 aromatic rings. The van der Waals surface area contributed by atoms with E-state index in [-0.39, 0.29) is 17.8 Å². The summed E-state index contributed by atoms with van der Waals surface area (Å²) in [7, 11) is 1.71. The molecule has 1 aliphatic carbocycles. The number of aliphatic carboxylic acids is 1. The molecule has 1 N–H and O–H groups in total. The number of pyridine rings is 1. The highest BCUT2D eigenvalue weighted by atomic mass is 32.2. The number of hydrogen-bond acceptors (Lipinski definition) is 6. The molecule has 0 radical (unpaired) electrons. The summed E-state index contributed by atoms with van der Waals surface area (Å²) in [5.41, 5.74) is 0.837. The van der Waals surface area contributed by atoms with Crippen LogP contribution in [0.3, 0.4) is 0 Å². The van der Waals surface area contributed by atoms with E-state index in [0.29, 0.717) is 11.0 Å². The van der Waals surface area contributed by atoms with Crippen LogP contribution >= 0.6 is 23.1 Å². The third-order valence-electron chi connectivity index (χ3n) is 4.88. The van der Waals surface area contributed by atoms with Crippen molar-refractivity contribution in [2.24, 2.45) is 5.92 Å². The molecule has 1 aliphatic rings. The number of carboxylic acid groups (broad SMARTS) is 1. The zero-order valence-electron chi connectivity index (χ0n) is 15.9. The lowest BCUT2D eigenvalue weighted by atomic mass is 9.86. The van der Waals surface area contributed by atoms with Crippen molar-refractivity contribution in [2.45, 2.75) is 42.9 Å². The van der Waals surface area contributed by atoms with Gasteiger partial charge in [-0.3, -0.25) is 19.6 Å². The van der Waals surface area contributed by atoms with Gasteiger partial charge in [0.1, 0.15) is 0 Å². The molecule has 1 saturated carbocycles. The van der Waals surface area contributed by atoms with E-state index in [1.165, 1.54) is 23.1 Å². The molecule has 0 spiro atoms. The molecular formula is C19H24N4O3S2. The third-order valence-corrected chi connectivity index (χ3v) is 7.13. The summed E-state index contributed by atoms with van der Waals surface area (Å²) in [6, 6.07) is 3.74. The van der Waals surface area contributed by atoms with E-state index in [9.17, 15) is 9.59 Å². The van der Waals surface area contributed by atoms with Gasteiger partial charge in [0.2, 0.25) is 0 Å². The third kappa shape index (κ3) is 5.02. The Labute approximate surface area is 172 Å². The van der Waals surface area contributed by atoms with E-state index in [2.05, 4.69) is 16.9 Å². The van der Waals surface area contributed by atoms with Crippen molar-refractivity contribution in [2.75, 3.05) is 22.6 Å². The summed E-state index contributed by atoms with van der Waals surface area (Å²) in [5.74, 6) is -0.209. The van der Waals surface area contributed by atoms with Gasteiger partial charge in [-0.25, -0.2) is 9.78 Å². The minimum atomic E-state index is -0.875. The Morgan fingerprint density at radius 2 is 1.93 bits per heavy atom. The number of hydrogen-bond donors (Lipinski definition) is 1. The zero-order chi connectivity index (χ0) is 20.1. The first kappa shape index (κ1) is 20.6. The molecule has 0 atom stereocenters. The summed E-state index contributed by atoms with van der Waals surface area (Å²) in [4.78, 5) is 36.0. The molecule has 28 heavy (non-hydrogen) atoms. The molecule has 0 aliphatic heterocycles. The monoisotopic (exact) mass is 420 g/mol. The van der Waals surface area contributed by atoms with Crippen molar-refractivity contribution >= 4 is 45.9 Å². The molecule has 3 rings (SSSR count). The van der Waals surface area contributed by atoms with Gasteiger partial charge < -0.3 is 5.11 Å². The number of carbonyl (C=O) groups is 2. The maximum absolute atomic E-state index is 13.4. The van der Waals surface area contributed by atoms with Gasteiger partial charge in [0.15, 0.2) is 5.13 Å². The summed E-state index contributed by atoms with van der Waals surface area (Å²) in [6.45, 7) is 2.26. The Hall–Kier alpha value is -2.13. The fourth-order valence-corrected chi connectivity index (χ4v) is 4.97. The van der Waals surface area contributed by atoms with Gasteiger partial charge in [-0.1, -0.05) is 18.3 Å². The molecule has 2 aromatic heterocycles. The number of thiazole rings is 1. The van der Waals surface area contributed by atoms with E-state index in [1.54, 1.807) is 30.5 Å². The number of urea groups is 1. The van der Waals surface area contributed by atoms with Gasteiger partial charge in [-0.15, -0.1) is 11.8 Å². The van der Waals surface area contributed by atoms with Crippen LogP contribution in [-0.2, 0) is 4.79 Å². The van der Waals surface area contributed by atoms with E-state index in [0.717, 1.165) is 35.6 Å². The van der Waals surface area contributed by atoms with Crippen LogP contribution in [0.15, 0.2) is 34.9 Å². The van der Waals surface area contributed by atoms with E-state index < -0.39 is 5.97 Å². The van der Waals surface area contributed by atoms with Crippen LogP contribution in [0.4, 0.5) is 15.6 Å². The fourth-order valence-electron chi connectivity index (χ4n) is 3.33. The molecule has 9 heteroatoms. The van der Waals surface area contributed by atoms with Crippen molar-refractivity contribution in [3.63, 3.8) is 0 Å². The van der Waals surface area contributed by atoms with Crippen molar-refractivity contribution in [1.29, 1.82) is 0 Å². The second-order valence-corrected chi connectivity index (χ2v) is 9.26. The average molecular weight is 421 g/mol. The number of carbonyl (C=O) groups excluding carboxylic acids is 1. The first-order valence-corrected chi connectivity index (χ1v) is 11.0. The van der Waals surface area contributed by atoms with Crippen molar-refractivity contribution in [1.82, 2.24) is 9.97 Å². The van der Waals surface area contributed by atoms with Crippen LogP contribution in [0, 0.1) is 5.92 Å². The second-order valence-electron chi connectivity index (χ2n) is 6.97. The fraction of sp³-hybridized carbons (Fsp3) is 0.474. The zero-order valence-corrected chi connectivity index (χ0v) is 17.6. The Bertz CT molecular complexity index is 807. The van der Waals surface area contributed by atoms with Gasteiger partial charge in [-0.05, 0) is 43.7 Å². The Morgan fingerprint density at radius 1 is 1.25 bits per heavy atom. The number of aromatic nitrogens is 2. The number of nitrogens with zero attached hydrogens (tertiary/aromatic N) is 4. The lowest BCUT2D eigenvalue weighted by Crippen LogP contribution is -2.48. The van der Waals surface area contributed by atoms with Gasteiger partial charge >= 0.3 is 12.0 Å². The minimum absolute atomic E-state index is 0.0251. The number of amides is 2. The first-order chi connectivity index (χ1) is 13.5. The van der Waals surface area contributed by atoms with E-state index in [4.69, 9.17) is 5.11 Å². The summed E-state index contributed by atoms with van der Waals surface area (Å²) < 4.78 is 0.777. The topological polar surface area (TPSA) is 86.6 Å². The summed E-state index contributed by atoms with van der Waals surface area (Å²) in [5, 5.41) is 9.38. The standard InChI is InChI=1S/C19H24N4O3S2/c1-13-3-5-14(6-4-13)23(15-7-9-20-10-8-15)19(26)22(2)18-21-11-17(28-18)27-12-16(24)25/h7-11,13-14H,3-6,12H2,1-2H3,(H,24,25)/t13-,14-. The molecule has 0 unspecified atom stereocenters. The summed E-state index contributed by atoms with van der Waals surface area (Å²) >= 11 is 2.53. The number of anilines is 2. The van der Waals surface area contributed by atoms with Crippen LogP contribution in [-0.4, -0.2) is 45.9 Å². The highest BCUT2D eigenvalue weighted by Gasteiger charge is 2.31. The van der Waals surface area contributed by atoms with E-state index >= 15 is 0 Å². The van der Waals surface area contributed by atoms with E-state index in [1.807, 2.05) is 17.0 Å². The summed E-state index contributed by atoms with van der Waals surface area (Å²) in [6.07, 6.45) is 9.18. The molecule has 150 valence electrons. The lowest BCUT2D eigenvalue weighted by Gasteiger charge is -2.37. The molecule has 7 nitrogen and oxygen atoms in total. The number of carboxylic acids is 1. The largest absolute Gasteiger partial charge is 0.481 e.